The average Bonchev–Trinajstić information content (AvgIpc) is 2.25. The van der Waals surface area contributed by atoms with Gasteiger partial charge in [-0.05, 0) is 29.9 Å². The van der Waals surface area contributed by atoms with E-state index in [2.05, 4.69) is 19.1 Å². The Labute approximate surface area is 90.4 Å². The molecule has 2 heteroatoms. The molecule has 1 aromatic carbocycles. The average molecular weight is 207 g/mol. The number of unbranched alkanes of at least 4 members (excludes halogenated alkanes) is 2. The number of rotatable bonds is 6. The van der Waals surface area contributed by atoms with Gasteiger partial charge in [-0.25, -0.2) is 0 Å². The second-order valence-electron chi connectivity index (χ2n) is 3.27. The van der Waals surface area contributed by atoms with Crippen molar-refractivity contribution in [1.29, 1.82) is 5.41 Å². The Morgan fingerprint density at radius 3 is 2.50 bits per heavy atom. The summed E-state index contributed by atoms with van der Waals surface area (Å²) in [6, 6.07) is 8.18. The number of nitrogens with one attached hydrogen (secondary N) is 1. The zero-order valence-electron chi connectivity index (χ0n) is 8.62. The summed E-state index contributed by atoms with van der Waals surface area (Å²) in [4.78, 5) is 1.31. The summed E-state index contributed by atoms with van der Waals surface area (Å²) in [5, 5.41) is 7.08. The molecular weight excluding hydrogens is 190 g/mol. The van der Waals surface area contributed by atoms with Crippen molar-refractivity contribution in [2.24, 2.45) is 0 Å². The summed E-state index contributed by atoms with van der Waals surface area (Å²) >= 11 is 1.90. The minimum absolute atomic E-state index is 0.975. The molecule has 0 saturated heterocycles. The monoisotopic (exact) mass is 207 g/mol. The van der Waals surface area contributed by atoms with E-state index < -0.39 is 0 Å². The Kier molecular flexibility index (Phi) is 5.38. The second kappa shape index (κ2) is 6.66. The van der Waals surface area contributed by atoms with E-state index in [0.29, 0.717) is 0 Å². The van der Waals surface area contributed by atoms with Crippen molar-refractivity contribution >= 4 is 18.0 Å². The van der Waals surface area contributed by atoms with Gasteiger partial charge in [-0.1, -0.05) is 31.9 Å². The van der Waals surface area contributed by atoms with Gasteiger partial charge in [-0.2, -0.15) is 0 Å². The highest BCUT2D eigenvalue weighted by molar-refractivity contribution is 7.99. The van der Waals surface area contributed by atoms with E-state index >= 15 is 0 Å². The SMILES string of the molecule is CCCCCSc1ccc(C=N)cc1. The summed E-state index contributed by atoms with van der Waals surface area (Å²) in [7, 11) is 0. The zero-order valence-corrected chi connectivity index (χ0v) is 9.44. The van der Waals surface area contributed by atoms with Crippen LogP contribution >= 0.6 is 11.8 Å². The fourth-order valence-electron chi connectivity index (χ4n) is 1.20. The standard InChI is InChI=1S/C12H17NS/c1-2-3-4-9-14-12-7-5-11(10-13)6-8-12/h5-8,10,13H,2-4,9H2,1H3. The summed E-state index contributed by atoms with van der Waals surface area (Å²) in [6.45, 7) is 2.23. The molecule has 0 radical (unpaired) electrons. The van der Waals surface area contributed by atoms with Crippen molar-refractivity contribution in [3.8, 4) is 0 Å². The lowest BCUT2D eigenvalue weighted by Gasteiger charge is -2.01. The molecule has 0 spiro atoms. The van der Waals surface area contributed by atoms with E-state index in [0.717, 1.165) is 5.56 Å². The van der Waals surface area contributed by atoms with E-state index in [1.807, 2.05) is 23.9 Å². The van der Waals surface area contributed by atoms with E-state index in [-0.39, 0.29) is 0 Å². The molecule has 0 amide bonds. The lowest BCUT2D eigenvalue weighted by Crippen LogP contribution is -1.82. The molecule has 0 atom stereocenters. The third-order valence-electron chi connectivity index (χ3n) is 2.06. The maximum Gasteiger partial charge on any atom is 0.0250 e. The lowest BCUT2D eigenvalue weighted by molar-refractivity contribution is 0.778. The van der Waals surface area contributed by atoms with Crippen molar-refractivity contribution < 1.29 is 0 Å². The molecule has 76 valence electrons. The van der Waals surface area contributed by atoms with Crippen molar-refractivity contribution in [2.75, 3.05) is 5.75 Å². The highest BCUT2D eigenvalue weighted by atomic mass is 32.2. The Hall–Kier alpha value is -0.760. The summed E-state index contributed by atoms with van der Waals surface area (Å²) in [6.07, 6.45) is 5.29. The molecule has 1 nitrogen and oxygen atoms in total. The van der Waals surface area contributed by atoms with Crippen molar-refractivity contribution in [2.45, 2.75) is 31.1 Å². The highest BCUT2D eigenvalue weighted by Gasteiger charge is 1.93. The van der Waals surface area contributed by atoms with Crippen LogP contribution in [-0.4, -0.2) is 12.0 Å². The number of hydrogen-bond acceptors (Lipinski definition) is 2. The first-order valence-electron chi connectivity index (χ1n) is 5.10. The van der Waals surface area contributed by atoms with Crippen LogP contribution in [0.2, 0.25) is 0 Å². The van der Waals surface area contributed by atoms with Crippen LogP contribution in [0.15, 0.2) is 29.2 Å². The van der Waals surface area contributed by atoms with Gasteiger partial charge in [0.15, 0.2) is 0 Å². The van der Waals surface area contributed by atoms with Crippen LogP contribution in [0.4, 0.5) is 0 Å². The first kappa shape index (κ1) is 11.3. The molecule has 0 saturated carbocycles. The van der Waals surface area contributed by atoms with Crippen molar-refractivity contribution in [3.63, 3.8) is 0 Å². The highest BCUT2D eigenvalue weighted by Crippen LogP contribution is 2.19. The fourth-order valence-corrected chi connectivity index (χ4v) is 2.12. The van der Waals surface area contributed by atoms with Crippen LogP contribution < -0.4 is 0 Å². The van der Waals surface area contributed by atoms with E-state index in [9.17, 15) is 0 Å². The molecule has 0 aliphatic carbocycles. The first-order valence-corrected chi connectivity index (χ1v) is 6.08. The largest absolute Gasteiger partial charge is 0.308 e. The molecule has 1 N–H and O–H groups in total. The van der Waals surface area contributed by atoms with Crippen LogP contribution in [0.1, 0.15) is 31.7 Å². The van der Waals surface area contributed by atoms with E-state index in [1.54, 1.807) is 0 Å². The van der Waals surface area contributed by atoms with Gasteiger partial charge in [-0.3, -0.25) is 0 Å². The van der Waals surface area contributed by atoms with Gasteiger partial charge in [0.2, 0.25) is 0 Å². The Bertz CT molecular complexity index is 266. The van der Waals surface area contributed by atoms with Crippen molar-refractivity contribution in [1.82, 2.24) is 0 Å². The summed E-state index contributed by atoms with van der Waals surface area (Å²) < 4.78 is 0. The molecule has 14 heavy (non-hydrogen) atoms. The Morgan fingerprint density at radius 1 is 1.21 bits per heavy atom. The third-order valence-corrected chi connectivity index (χ3v) is 3.16. The number of thioether (sulfide) groups is 1. The molecule has 0 fully saturated rings. The molecule has 0 bridgehead atoms. The fraction of sp³-hybridized carbons (Fsp3) is 0.417. The molecule has 0 aromatic heterocycles. The quantitative estimate of drug-likeness (QED) is 0.426. The minimum atomic E-state index is 0.975. The van der Waals surface area contributed by atoms with E-state index in [1.165, 1.54) is 36.1 Å². The second-order valence-corrected chi connectivity index (χ2v) is 4.44. The number of benzene rings is 1. The van der Waals surface area contributed by atoms with Gasteiger partial charge in [0.1, 0.15) is 0 Å². The summed E-state index contributed by atoms with van der Waals surface area (Å²) in [5.41, 5.74) is 0.975. The third kappa shape index (κ3) is 3.97. The number of hydrogen-bond donors (Lipinski definition) is 1. The van der Waals surface area contributed by atoms with Gasteiger partial charge < -0.3 is 5.41 Å². The van der Waals surface area contributed by atoms with Crippen LogP contribution in [0, 0.1) is 5.41 Å². The maximum atomic E-state index is 7.08. The van der Waals surface area contributed by atoms with Crippen molar-refractivity contribution in [3.05, 3.63) is 29.8 Å². The lowest BCUT2D eigenvalue weighted by atomic mass is 10.2. The van der Waals surface area contributed by atoms with Crippen LogP contribution in [-0.2, 0) is 0 Å². The molecule has 0 aliphatic heterocycles. The molecule has 0 heterocycles. The van der Waals surface area contributed by atoms with Crippen LogP contribution in [0.3, 0.4) is 0 Å². The van der Waals surface area contributed by atoms with Gasteiger partial charge in [-0.15, -0.1) is 11.8 Å². The Balaban J connectivity index is 2.32. The zero-order chi connectivity index (χ0) is 10.2. The summed E-state index contributed by atoms with van der Waals surface area (Å²) in [5.74, 6) is 1.21. The van der Waals surface area contributed by atoms with Crippen LogP contribution in [0.5, 0.6) is 0 Å². The minimum Gasteiger partial charge on any atom is -0.308 e. The van der Waals surface area contributed by atoms with Gasteiger partial charge in [0.25, 0.3) is 0 Å². The first-order chi connectivity index (χ1) is 6.86. The molecule has 1 aromatic rings. The van der Waals surface area contributed by atoms with E-state index in [4.69, 9.17) is 5.41 Å². The predicted octanol–water partition coefficient (Wildman–Crippen LogP) is 3.97. The topological polar surface area (TPSA) is 23.9 Å². The van der Waals surface area contributed by atoms with Gasteiger partial charge >= 0.3 is 0 Å². The Morgan fingerprint density at radius 2 is 1.93 bits per heavy atom. The van der Waals surface area contributed by atoms with Gasteiger partial charge in [0.05, 0.1) is 0 Å². The smallest absolute Gasteiger partial charge is 0.0250 e. The van der Waals surface area contributed by atoms with Gasteiger partial charge in [0, 0.05) is 11.1 Å². The van der Waals surface area contributed by atoms with Crippen LogP contribution in [0.25, 0.3) is 0 Å². The normalized spacial score (nSPS) is 10.1. The molecule has 1 rings (SSSR count). The molecule has 0 unspecified atom stereocenters. The molecule has 0 aliphatic rings. The maximum absolute atomic E-state index is 7.08. The molecular formula is C12H17NS. The predicted molar refractivity (Wildman–Crippen MR) is 64.6 cm³/mol.